The zero-order valence-corrected chi connectivity index (χ0v) is 15.9. The lowest BCUT2D eigenvalue weighted by molar-refractivity contribution is -0.146. The van der Waals surface area contributed by atoms with Gasteiger partial charge in [0.2, 0.25) is 5.91 Å². The van der Waals surface area contributed by atoms with E-state index >= 15 is 0 Å². The van der Waals surface area contributed by atoms with Crippen molar-refractivity contribution in [1.82, 2.24) is 9.80 Å². The largest absolute Gasteiger partial charge is 0.481 e. The van der Waals surface area contributed by atoms with Gasteiger partial charge in [0, 0.05) is 24.9 Å². The number of aliphatic carboxylic acids is 1. The van der Waals surface area contributed by atoms with E-state index in [0.29, 0.717) is 38.9 Å². The molecule has 0 spiro atoms. The molecule has 0 aromatic heterocycles. The number of thiol groups is 1. The van der Waals surface area contributed by atoms with Crippen LogP contribution in [0.2, 0.25) is 0 Å². The minimum absolute atomic E-state index is 0.0835. The van der Waals surface area contributed by atoms with Gasteiger partial charge in [-0.1, -0.05) is 30.3 Å². The molecule has 2 fully saturated rings. The molecule has 1 N–H and O–H groups in total. The highest BCUT2D eigenvalue weighted by atomic mass is 32.1. The maximum atomic E-state index is 12.9. The average molecular weight is 392 g/mol. The fraction of sp³-hybridized carbons (Fsp3) is 0.526. The summed E-state index contributed by atoms with van der Waals surface area (Å²) in [4.78, 5) is 39.6. The van der Waals surface area contributed by atoms with Crippen molar-refractivity contribution in [3.63, 3.8) is 0 Å². The van der Waals surface area contributed by atoms with Crippen LogP contribution in [0.3, 0.4) is 0 Å². The Bertz CT molecular complexity index is 691. The molecule has 0 bridgehead atoms. The third-order valence-corrected chi connectivity index (χ3v) is 5.53. The van der Waals surface area contributed by atoms with Crippen LogP contribution in [-0.2, 0) is 20.9 Å². The number of carboxylic acid groups (broad SMARTS) is 1. The van der Waals surface area contributed by atoms with Crippen molar-refractivity contribution in [2.75, 3.05) is 19.6 Å². The average Bonchev–Trinajstić information content (AvgIpc) is 3.08. The van der Waals surface area contributed by atoms with Gasteiger partial charge in [-0.15, -0.1) is 0 Å². The number of likely N-dealkylation sites (tertiary alicyclic amines) is 2. The molecule has 2 atom stereocenters. The summed E-state index contributed by atoms with van der Waals surface area (Å²) in [7, 11) is 0. The van der Waals surface area contributed by atoms with Gasteiger partial charge >= 0.3 is 12.1 Å². The van der Waals surface area contributed by atoms with Crippen molar-refractivity contribution in [2.24, 2.45) is 5.92 Å². The fourth-order valence-corrected chi connectivity index (χ4v) is 3.99. The number of rotatable bonds is 4. The zero-order valence-electron chi connectivity index (χ0n) is 15.0. The number of amides is 2. The number of piperidine rings is 1. The number of carboxylic acids is 1. The van der Waals surface area contributed by atoms with E-state index in [0.717, 1.165) is 5.56 Å². The molecular weight excluding hydrogens is 368 g/mol. The fourth-order valence-electron chi connectivity index (χ4n) is 3.61. The van der Waals surface area contributed by atoms with Gasteiger partial charge in [-0.2, -0.15) is 12.6 Å². The van der Waals surface area contributed by atoms with Gasteiger partial charge in [-0.25, -0.2) is 4.79 Å². The van der Waals surface area contributed by atoms with E-state index in [1.165, 1.54) is 4.90 Å². The van der Waals surface area contributed by atoms with E-state index in [-0.39, 0.29) is 17.8 Å². The predicted octanol–water partition coefficient (Wildman–Crippen LogP) is 2.02. The minimum Gasteiger partial charge on any atom is -0.481 e. The van der Waals surface area contributed by atoms with E-state index in [4.69, 9.17) is 9.84 Å². The molecule has 8 heteroatoms. The first-order chi connectivity index (χ1) is 13.0. The molecule has 27 heavy (non-hydrogen) atoms. The Labute approximate surface area is 163 Å². The first kappa shape index (κ1) is 19.5. The van der Waals surface area contributed by atoms with Gasteiger partial charge in [0.25, 0.3) is 0 Å². The van der Waals surface area contributed by atoms with Gasteiger partial charge in [0.1, 0.15) is 12.6 Å². The predicted molar refractivity (Wildman–Crippen MR) is 101 cm³/mol. The van der Waals surface area contributed by atoms with Crippen molar-refractivity contribution >= 4 is 30.6 Å². The van der Waals surface area contributed by atoms with Crippen LogP contribution in [0.15, 0.2) is 30.3 Å². The van der Waals surface area contributed by atoms with E-state index in [9.17, 15) is 14.4 Å². The van der Waals surface area contributed by atoms with Crippen molar-refractivity contribution in [3.8, 4) is 0 Å². The molecule has 1 aromatic carbocycles. The Morgan fingerprint density at radius 2 is 1.81 bits per heavy atom. The molecule has 2 unspecified atom stereocenters. The maximum absolute atomic E-state index is 12.9. The standard InChI is InChI=1S/C19H24N2O5S/c22-17(20-8-6-14(7-9-20)18(23)24)16-10-15(27)11-21(16)19(25)26-12-13-4-2-1-3-5-13/h1-5,14-16,27H,6-12H2,(H,23,24). The summed E-state index contributed by atoms with van der Waals surface area (Å²) in [6.45, 7) is 1.31. The monoisotopic (exact) mass is 392 g/mol. The number of hydrogen-bond donors (Lipinski definition) is 2. The third-order valence-electron chi connectivity index (χ3n) is 5.16. The van der Waals surface area contributed by atoms with Gasteiger partial charge in [-0.05, 0) is 24.8 Å². The third kappa shape index (κ3) is 4.74. The number of carbonyl (C=O) groups is 3. The lowest BCUT2D eigenvalue weighted by Gasteiger charge is -2.34. The molecular formula is C19H24N2O5S. The molecule has 0 radical (unpaired) electrons. The van der Waals surface area contributed by atoms with Gasteiger partial charge in [-0.3, -0.25) is 14.5 Å². The molecule has 2 heterocycles. The molecule has 0 saturated carbocycles. The minimum atomic E-state index is -0.815. The molecule has 146 valence electrons. The lowest BCUT2D eigenvalue weighted by Crippen LogP contribution is -2.50. The van der Waals surface area contributed by atoms with Gasteiger partial charge in [0.05, 0.1) is 5.92 Å². The molecule has 0 aliphatic carbocycles. The van der Waals surface area contributed by atoms with Crippen LogP contribution < -0.4 is 0 Å². The van der Waals surface area contributed by atoms with E-state index in [1.807, 2.05) is 30.3 Å². The number of ether oxygens (including phenoxy) is 1. The van der Waals surface area contributed by atoms with Crippen LogP contribution in [0, 0.1) is 5.92 Å². The van der Waals surface area contributed by atoms with Crippen LogP contribution in [-0.4, -0.2) is 63.8 Å². The smallest absolute Gasteiger partial charge is 0.410 e. The highest BCUT2D eigenvalue weighted by Gasteiger charge is 2.42. The highest BCUT2D eigenvalue weighted by Crippen LogP contribution is 2.27. The van der Waals surface area contributed by atoms with Crippen molar-refractivity contribution in [2.45, 2.75) is 37.2 Å². The molecule has 7 nitrogen and oxygen atoms in total. The van der Waals surface area contributed by atoms with Crippen molar-refractivity contribution in [1.29, 1.82) is 0 Å². The second-order valence-electron chi connectivity index (χ2n) is 7.04. The van der Waals surface area contributed by atoms with E-state index < -0.39 is 24.0 Å². The Hall–Kier alpha value is -2.22. The molecule has 2 aliphatic rings. The Morgan fingerprint density at radius 3 is 2.44 bits per heavy atom. The summed E-state index contributed by atoms with van der Waals surface area (Å²) in [6, 6.07) is 8.77. The first-order valence-corrected chi connectivity index (χ1v) is 9.64. The quantitative estimate of drug-likeness (QED) is 0.766. The molecule has 2 saturated heterocycles. The summed E-state index contributed by atoms with van der Waals surface area (Å²) >= 11 is 4.45. The number of hydrogen-bond acceptors (Lipinski definition) is 5. The lowest BCUT2D eigenvalue weighted by atomic mass is 9.96. The second kappa shape index (κ2) is 8.65. The summed E-state index contributed by atoms with van der Waals surface area (Å²) in [5.41, 5.74) is 0.881. The second-order valence-corrected chi connectivity index (χ2v) is 7.77. The summed E-state index contributed by atoms with van der Waals surface area (Å²) < 4.78 is 5.38. The molecule has 1 aromatic rings. The summed E-state index contributed by atoms with van der Waals surface area (Å²) in [5, 5.41) is 9.01. The van der Waals surface area contributed by atoms with Gasteiger partial charge < -0.3 is 14.7 Å². The van der Waals surface area contributed by atoms with Crippen LogP contribution in [0.1, 0.15) is 24.8 Å². The number of nitrogens with zero attached hydrogens (tertiary/aromatic N) is 2. The van der Waals surface area contributed by atoms with Crippen LogP contribution in [0.25, 0.3) is 0 Å². The SMILES string of the molecule is O=C(O)C1CCN(C(=O)C2CC(S)CN2C(=O)OCc2ccccc2)CC1. The molecule has 3 rings (SSSR count). The maximum Gasteiger partial charge on any atom is 0.410 e. The van der Waals surface area contributed by atoms with Crippen LogP contribution >= 0.6 is 12.6 Å². The Kier molecular flexibility index (Phi) is 6.26. The highest BCUT2D eigenvalue weighted by molar-refractivity contribution is 7.81. The topological polar surface area (TPSA) is 87.2 Å². The van der Waals surface area contributed by atoms with Crippen LogP contribution in [0.4, 0.5) is 4.79 Å². The van der Waals surface area contributed by atoms with E-state index in [1.54, 1.807) is 4.90 Å². The Balaban J connectivity index is 1.59. The normalized spacial score (nSPS) is 23.3. The number of benzene rings is 1. The molecule has 2 aliphatic heterocycles. The van der Waals surface area contributed by atoms with Crippen molar-refractivity contribution in [3.05, 3.63) is 35.9 Å². The summed E-state index contributed by atoms with van der Waals surface area (Å²) in [6.07, 6.45) is 0.836. The van der Waals surface area contributed by atoms with E-state index in [2.05, 4.69) is 12.6 Å². The number of carbonyl (C=O) groups excluding carboxylic acids is 2. The summed E-state index contributed by atoms with van der Waals surface area (Å²) in [5.74, 6) is -1.36. The Morgan fingerprint density at radius 1 is 1.15 bits per heavy atom. The van der Waals surface area contributed by atoms with Crippen molar-refractivity contribution < 1.29 is 24.2 Å². The molecule has 2 amide bonds. The first-order valence-electron chi connectivity index (χ1n) is 9.12. The van der Waals surface area contributed by atoms with Gasteiger partial charge in [0.15, 0.2) is 0 Å². The van der Waals surface area contributed by atoms with Crippen LogP contribution in [0.5, 0.6) is 0 Å². The zero-order chi connectivity index (χ0) is 19.4.